The van der Waals surface area contributed by atoms with Gasteiger partial charge in [-0.3, -0.25) is 4.79 Å². The van der Waals surface area contributed by atoms with Crippen LogP contribution >= 0.6 is 24.0 Å². The molecule has 8 heteroatoms. The number of halogens is 2. The lowest BCUT2D eigenvalue weighted by Crippen LogP contribution is -2.28. The van der Waals surface area contributed by atoms with E-state index in [4.69, 9.17) is 21.1 Å². The first-order valence-electron chi connectivity index (χ1n) is 7.30. The van der Waals surface area contributed by atoms with Crippen LogP contribution in [0, 0.1) is 0 Å². The lowest BCUT2D eigenvalue weighted by atomic mass is 10.1. The molecule has 1 aromatic rings. The third-order valence-corrected chi connectivity index (χ3v) is 3.61. The van der Waals surface area contributed by atoms with Gasteiger partial charge >= 0.3 is 0 Å². The van der Waals surface area contributed by atoms with E-state index < -0.39 is 6.10 Å². The van der Waals surface area contributed by atoms with Crippen molar-refractivity contribution in [2.75, 3.05) is 33.4 Å². The number of fused-ring (bicyclic) bond motifs is 1. The highest BCUT2D eigenvalue weighted by Crippen LogP contribution is 2.39. The summed E-state index contributed by atoms with van der Waals surface area (Å²) in [7, 11) is 1.84. The van der Waals surface area contributed by atoms with Gasteiger partial charge in [-0.25, -0.2) is 0 Å². The van der Waals surface area contributed by atoms with Crippen LogP contribution in [-0.4, -0.2) is 44.4 Å². The highest BCUT2D eigenvalue weighted by molar-refractivity contribution is 6.32. The van der Waals surface area contributed by atoms with E-state index in [1.807, 2.05) is 7.05 Å². The van der Waals surface area contributed by atoms with Crippen LogP contribution in [0.4, 0.5) is 0 Å². The Balaban J connectivity index is 0.00000264. The molecule has 0 saturated heterocycles. The molecule has 1 aliphatic heterocycles. The van der Waals surface area contributed by atoms with Crippen LogP contribution in [0.1, 0.15) is 24.5 Å². The molecule has 1 unspecified atom stereocenters. The summed E-state index contributed by atoms with van der Waals surface area (Å²) in [4.78, 5) is 11.6. The number of nitrogens with one attached hydrogen (secondary N) is 2. The van der Waals surface area contributed by atoms with Gasteiger partial charge < -0.3 is 25.2 Å². The highest BCUT2D eigenvalue weighted by Gasteiger charge is 2.19. The van der Waals surface area contributed by atoms with E-state index in [0.29, 0.717) is 41.7 Å². The Morgan fingerprint density at radius 2 is 2.13 bits per heavy atom. The average Bonchev–Trinajstić information content (AvgIpc) is 2.53. The van der Waals surface area contributed by atoms with E-state index >= 15 is 0 Å². The Morgan fingerprint density at radius 1 is 1.39 bits per heavy atom. The van der Waals surface area contributed by atoms with Crippen molar-refractivity contribution in [3.8, 4) is 11.5 Å². The molecule has 23 heavy (non-hydrogen) atoms. The second kappa shape index (κ2) is 9.82. The molecular formula is C15H22Cl2N2O4. The molecule has 1 aliphatic rings. The second-order valence-corrected chi connectivity index (χ2v) is 5.46. The van der Waals surface area contributed by atoms with Crippen LogP contribution < -0.4 is 20.1 Å². The van der Waals surface area contributed by atoms with Crippen molar-refractivity contribution < 1.29 is 19.4 Å². The zero-order chi connectivity index (χ0) is 15.9. The van der Waals surface area contributed by atoms with Crippen LogP contribution in [0.15, 0.2) is 12.1 Å². The Morgan fingerprint density at radius 3 is 2.87 bits per heavy atom. The number of carbonyl (C=O) groups excluding carboxylic acids is 1. The minimum Gasteiger partial charge on any atom is -0.486 e. The average molecular weight is 365 g/mol. The summed E-state index contributed by atoms with van der Waals surface area (Å²) in [5.74, 6) is 0.936. The first kappa shape index (κ1) is 19.8. The third kappa shape index (κ3) is 5.73. The van der Waals surface area contributed by atoms with Gasteiger partial charge in [-0.05, 0) is 37.7 Å². The predicted molar refractivity (Wildman–Crippen MR) is 90.8 cm³/mol. The lowest BCUT2D eigenvalue weighted by Gasteiger charge is -2.21. The van der Waals surface area contributed by atoms with Gasteiger partial charge in [0.15, 0.2) is 11.5 Å². The number of hydrogen-bond donors (Lipinski definition) is 3. The normalized spacial score (nSPS) is 13.9. The van der Waals surface area contributed by atoms with Gasteiger partial charge in [0.2, 0.25) is 5.91 Å². The Labute approximate surface area is 146 Å². The first-order chi connectivity index (χ1) is 10.6. The molecule has 130 valence electrons. The smallest absolute Gasteiger partial charge is 0.220 e. The Hall–Kier alpha value is -1.21. The number of benzene rings is 1. The fourth-order valence-electron chi connectivity index (χ4n) is 2.17. The van der Waals surface area contributed by atoms with E-state index in [0.717, 1.165) is 13.0 Å². The van der Waals surface area contributed by atoms with Gasteiger partial charge in [0.1, 0.15) is 13.2 Å². The SMILES string of the molecule is CNCCCC(=O)NCC(O)c1cc(Cl)c2c(c1)OCCO2.Cl. The maximum Gasteiger partial charge on any atom is 0.220 e. The molecule has 0 radical (unpaired) electrons. The second-order valence-electron chi connectivity index (χ2n) is 5.05. The van der Waals surface area contributed by atoms with E-state index in [1.54, 1.807) is 12.1 Å². The molecule has 0 aliphatic carbocycles. The van der Waals surface area contributed by atoms with Gasteiger partial charge in [-0.1, -0.05) is 11.6 Å². The van der Waals surface area contributed by atoms with Crippen LogP contribution in [0.2, 0.25) is 5.02 Å². The van der Waals surface area contributed by atoms with Crippen molar-refractivity contribution in [1.29, 1.82) is 0 Å². The van der Waals surface area contributed by atoms with Gasteiger partial charge in [0.05, 0.1) is 11.1 Å². The van der Waals surface area contributed by atoms with Crippen molar-refractivity contribution in [2.45, 2.75) is 18.9 Å². The minimum absolute atomic E-state index is 0. The molecule has 0 aromatic heterocycles. The van der Waals surface area contributed by atoms with E-state index in [1.165, 1.54) is 0 Å². The number of aliphatic hydroxyl groups excluding tert-OH is 1. The third-order valence-electron chi connectivity index (χ3n) is 3.33. The Kier molecular flexibility index (Phi) is 8.47. The molecule has 1 aromatic carbocycles. The quantitative estimate of drug-likeness (QED) is 0.641. The standard InChI is InChI=1S/C15H21ClN2O4.ClH/c1-17-4-2-3-14(20)18-9-12(19)10-7-11(16)15-13(8-10)21-5-6-22-15;/h7-8,12,17,19H,2-6,9H2,1H3,(H,18,20);1H. The fraction of sp³-hybridized carbons (Fsp3) is 0.533. The summed E-state index contributed by atoms with van der Waals surface area (Å²) in [6, 6.07) is 3.32. The lowest BCUT2D eigenvalue weighted by molar-refractivity contribution is -0.121. The van der Waals surface area contributed by atoms with Crippen molar-refractivity contribution >= 4 is 29.9 Å². The van der Waals surface area contributed by atoms with Gasteiger partial charge in [0.25, 0.3) is 0 Å². The maximum absolute atomic E-state index is 11.6. The molecular weight excluding hydrogens is 343 g/mol. The summed E-state index contributed by atoms with van der Waals surface area (Å²) in [6.07, 6.45) is 0.338. The van der Waals surface area contributed by atoms with E-state index in [9.17, 15) is 9.90 Å². The van der Waals surface area contributed by atoms with Crippen LogP contribution in [0.25, 0.3) is 0 Å². The summed E-state index contributed by atoms with van der Waals surface area (Å²) < 4.78 is 10.9. The first-order valence-corrected chi connectivity index (χ1v) is 7.68. The van der Waals surface area contributed by atoms with Gasteiger partial charge in [0, 0.05) is 13.0 Å². The molecule has 0 bridgehead atoms. The van der Waals surface area contributed by atoms with Crippen molar-refractivity contribution in [2.24, 2.45) is 0 Å². The summed E-state index contributed by atoms with van der Waals surface area (Å²) in [5, 5.41) is 16.3. The number of rotatable bonds is 7. The molecule has 1 amide bonds. The summed E-state index contributed by atoms with van der Waals surface area (Å²) in [6.45, 7) is 1.82. The van der Waals surface area contributed by atoms with Gasteiger partial charge in [-0.2, -0.15) is 0 Å². The summed E-state index contributed by atoms with van der Waals surface area (Å²) >= 11 is 6.13. The molecule has 0 spiro atoms. The zero-order valence-corrected chi connectivity index (χ0v) is 14.5. The number of ether oxygens (including phenoxy) is 2. The Bertz CT molecular complexity index is 528. The molecule has 0 fully saturated rings. The number of aliphatic hydroxyl groups is 1. The monoisotopic (exact) mass is 364 g/mol. The van der Waals surface area contributed by atoms with Gasteiger partial charge in [-0.15, -0.1) is 12.4 Å². The molecule has 1 heterocycles. The molecule has 3 N–H and O–H groups in total. The van der Waals surface area contributed by atoms with E-state index in [-0.39, 0.29) is 24.9 Å². The summed E-state index contributed by atoms with van der Waals surface area (Å²) in [5.41, 5.74) is 0.588. The molecule has 6 nitrogen and oxygen atoms in total. The number of hydrogen-bond acceptors (Lipinski definition) is 5. The maximum atomic E-state index is 11.6. The van der Waals surface area contributed by atoms with Crippen LogP contribution in [-0.2, 0) is 4.79 Å². The van der Waals surface area contributed by atoms with Crippen molar-refractivity contribution in [1.82, 2.24) is 10.6 Å². The zero-order valence-electron chi connectivity index (χ0n) is 12.9. The molecule has 2 rings (SSSR count). The number of carbonyl (C=O) groups is 1. The van der Waals surface area contributed by atoms with Crippen LogP contribution in [0.5, 0.6) is 11.5 Å². The molecule has 0 saturated carbocycles. The van der Waals surface area contributed by atoms with E-state index in [2.05, 4.69) is 10.6 Å². The minimum atomic E-state index is -0.846. The predicted octanol–water partition coefficient (Wildman–Crippen LogP) is 1.68. The number of amides is 1. The highest BCUT2D eigenvalue weighted by atomic mass is 35.5. The topological polar surface area (TPSA) is 79.8 Å². The largest absolute Gasteiger partial charge is 0.486 e. The van der Waals surface area contributed by atoms with Crippen molar-refractivity contribution in [3.05, 3.63) is 22.7 Å². The molecule has 1 atom stereocenters. The van der Waals surface area contributed by atoms with Crippen molar-refractivity contribution in [3.63, 3.8) is 0 Å². The van der Waals surface area contributed by atoms with Crippen LogP contribution in [0.3, 0.4) is 0 Å². The fourth-order valence-corrected chi connectivity index (χ4v) is 2.44.